The van der Waals surface area contributed by atoms with Crippen LogP contribution in [0.5, 0.6) is 0 Å². The maximum absolute atomic E-state index is 12.1. The summed E-state index contributed by atoms with van der Waals surface area (Å²) in [6.45, 7) is 5.85. The fourth-order valence-corrected chi connectivity index (χ4v) is 2.45. The van der Waals surface area contributed by atoms with E-state index in [4.69, 9.17) is 0 Å². The molecule has 0 bridgehead atoms. The molecule has 4 nitrogen and oxygen atoms in total. The van der Waals surface area contributed by atoms with Crippen molar-refractivity contribution in [3.05, 3.63) is 24.0 Å². The minimum atomic E-state index is -0.0675. The summed E-state index contributed by atoms with van der Waals surface area (Å²) in [5.74, 6) is -0.0675. The van der Waals surface area contributed by atoms with Gasteiger partial charge in [-0.15, -0.1) is 0 Å². The standard InChI is InChI=1S/C15H23N3O/c1-3-6-15(7-8-15)11-18-14(19)13-10-12(16-4-2)5-9-17-13/h5,9-10H,3-4,6-8,11H2,1-2H3,(H,16,17)(H,18,19). The lowest BCUT2D eigenvalue weighted by atomic mass is 10.0. The Morgan fingerprint density at radius 1 is 1.42 bits per heavy atom. The lowest BCUT2D eigenvalue weighted by molar-refractivity contribution is 0.0939. The molecule has 1 aromatic heterocycles. The first kappa shape index (κ1) is 13.8. The van der Waals surface area contributed by atoms with E-state index in [1.54, 1.807) is 12.3 Å². The van der Waals surface area contributed by atoms with E-state index in [-0.39, 0.29) is 5.91 Å². The smallest absolute Gasteiger partial charge is 0.269 e. The average Bonchev–Trinajstić information content (AvgIpc) is 3.17. The maximum atomic E-state index is 12.1. The molecule has 0 unspecified atom stereocenters. The third kappa shape index (κ3) is 3.69. The van der Waals surface area contributed by atoms with Gasteiger partial charge in [-0.05, 0) is 43.7 Å². The molecule has 0 aromatic carbocycles. The molecular weight excluding hydrogens is 238 g/mol. The summed E-state index contributed by atoms with van der Waals surface area (Å²) in [7, 11) is 0. The predicted molar refractivity (Wildman–Crippen MR) is 77.3 cm³/mol. The van der Waals surface area contributed by atoms with Crippen molar-refractivity contribution in [3.8, 4) is 0 Å². The van der Waals surface area contributed by atoms with Gasteiger partial charge >= 0.3 is 0 Å². The van der Waals surface area contributed by atoms with Gasteiger partial charge in [-0.2, -0.15) is 0 Å². The van der Waals surface area contributed by atoms with Gasteiger partial charge in [-0.3, -0.25) is 9.78 Å². The molecule has 19 heavy (non-hydrogen) atoms. The zero-order valence-electron chi connectivity index (χ0n) is 11.8. The van der Waals surface area contributed by atoms with Crippen LogP contribution in [-0.4, -0.2) is 24.0 Å². The highest BCUT2D eigenvalue weighted by atomic mass is 16.1. The van der Waals surface area contributed by atoms with E-state index in [0.29, 0.717) is 11.1 Å². The molecule has 1 amide bonds. The first-order chi connectivity index (χ1) is 9.19. The number of amides is 1. The number of anilines is 1. The van der Waals surface area contributed by atoms with E-state index in [1.165, 1.54) is 25.7 Å². The molecule has 1 fully saturated rings. The van der Waals surface area contributed by atoms with Crippen molar-refractivity contribution < 1.29 is 4.79 Å². The van der Waals surface area contributed by atoms with Crippen molar-refractivity contribution in [2.75, 3.05) is 18.4 Å². The van der Waals surface area contributed by atoms with Crippen molar-refractivity contribution in [1.82, 2.24) is 10.3 Å². The van der Waals surface area contributed by atoms with Crippen LogP contribution >= 0.6 is 0 Å². The highest BCUT2D eigenvalue weighted by Crippen LogP contribution is 2.48. The molecule has 2 rings (SSSR count). The van der Waals surface area contributed by atoms with Crippen molar-refractivity contribution in [3.63, 3.8) is 0 Å². The number of carbonyl (C=O) groups excluding carboxylic acids is 1. The van der Waals surface area contributed by atoms with Crippen LogP contribution < -0.4 is 10.6 Å². The number of hydrogen-bond acceptors (Lipinski definition) is 3. The van der Waals surface area contributed by atoms with Gasteiger partial charge in [0.1, 0.15) is 5.69 Å². The Bertz CT molecular complexity index is 441. The second-order valence-electron chi connectivity index (χ2n) is 5.39. The molecule has 0 radical (unpaired) electrons. The summed E-state index contributed by atoms with van der Waals surface area (Å²) in [6.07, 6.45) is 6.55. The summed E-state index contributed by atoms with van der Waals surface area (Å²) in [5, 5.41) is 6.21. The molecule has 104 valence electrons. The number of aromatic nitrogens is 1. The van der Waals surface area contributed by atoms with Gasteiger partial charge in [0.05, 0.1) is 0 Å². The first-order valence-electron chi connectivity index (χ1n) is 7.17. The highest BCUT2D eigenvalue weighted by Gasteiger charge is 2.41. The zero-order chi connectivity index (χ0) is 13.7. The first-order valence-corrected chi connectivity index (χ1v) is 7.17. The monoisotopic (exact) mass is 261 g/mol. The number of nitrogens with one attached hydrogen (secondary N) is 2. The van der Waals surface area contributed by atoms with Crippen LogP contribution in [0.1, 0.15) is 50.0 Å². The van der Waals surface area contributed by atoms with Crippen LogP contribution in [0.25, 0.3) is 0 Å². The predicted octanol–water partition coefficient (Wildman–Crippen LogP) is 2.82. The Morgan fingerprint density at radius 3 is 2.84 bits per heavy atom. The van der Waals surface area contributed by atoms with Crippen LogP contribution in [0.2, 0.25) is 0 Å². The molecule has 0 atom stereocenters. The number of nitrogens with zero attached hydrogens (tertiary/aromatic N) is 1. The Balaban J connectivity index is 1.91. The lowest BCUT2D eigenvalue weighted by Crippen LogP contribution is -2.30. The van der Waals surface area contributed by atoms with Crippen molar-refractivity contribution in [2.45, 2.75) is 39.5 Å². The molecule has 1 aliphatic rings. The van der Waals surface area contributed by atoms with Gasteiger partial charge in [0.25, 0.3) is 5.91 Å². The van der Waals surface area contributed by atoms with Gasteiger partial charge in [0.2, 0.25) is 0 Å². The fourth-order valence-electron chi connectivity index (χ4n) is 2.45. The van der Waals surface area contributed by atoms with Crippen LogP contribution in [0.4, 0.5) is 5.69 Å². The largest absolute Gasteiger partial charge is 0.385 e. The molecule has 1 saturated carbocycles. The molecule has 0 spiro atoms. The average molecular weight is 261 g/mol. The minimum Gasteiger partial charge on any atom is -0.385 e. The quantitative estimate of drug-likeness (QED) is 0.793. The zero-order valence-corrected chi connectivity index (χ0v) is 11.8. The number of carbonyl (C=O) groups is 1. The topological polar surface area (TPSA) is 54.0 Å². The molecule has 0 aliphatic heterocycles. The van der Waals surface area contributed by atoms with Crippen LogP contribution in [-0.2, 0) is 0 Å². The third-order valence-electron chi connectivity index (χ3n) is 3.73. The molecule has 1 heterocycles. The lowest BCUT2D eigenvalue weighted by Gasteiger charge is -2.14. The molecule has 0 saturated heterocycles. The summed E-state index contributed by atoms with van der Waals surface area (Å²) in [5.41, 5.74) is 1.81. The van der Waals surface area contributed by atoms with E-state index in [2.05, 4.69) is 22.5 Å². The van der Waals surface area contributed by atoms with Crippen LogP contribution in [0.3, 0.4) is 0 Å². The van der Waals surface area contributed by atoms with E-state index >= 15 is 0 Å². The summed E-state index contributed by atoms with van der Waals surface area (Å²) < 4.78 is 0. The second-order valence-corrected chi connectivity index (χ2v) is 5.39. The summed E-state index contributed by atoms with van der Waals surface area (Å²) in [4.78, 5) is 16.2. The van der Waals surface area contributed by atoms with Gasteiger partial charge in [-0.1, -0.05) is 13.3 Å². The Morgan fingerprint density at radius 2 is 2.21 bits per heavy atom. The van der Waals surface area contributed by atoms with Gasteiger partial charge in [-0.25, -0.2) is 0 Å². The second kappa shape index (κ2) is 6.04. The fraction of sp³-hybridized carbons (Fsp3) is 0.600. The van der Waals surface area contributed by atoms with E-state index in [1.807, 2.05) is 13.0 Å². The minimum absolute atomic E-state index is 0.0675. The van der Waals surface area contributed by atoms with Gasteiger partial charge < -0.3 is 10.6 Å². The number of hydrogen-bond donors (Lipinski definition) is 2. The Hall–Kier alpha value is -1.58. The molecular formula is C15H23N3O. The SMILES string of the molecule is CCCC1(CNC(=O)c2cc(NCC)ccn2)CC1. The Kier molecular flexibility index (Phi) is 4.40. The normalized spacial score (nSPS) is 15.9. The van der Waals surface area contributed by atoms with Crippen LogP contribution in [0, 0.1) is 5.41 Å². The number of rotatable bonds is 7. The summed E-state index contributed by atoms with van der Waals surface area (Å²) >= 11 is 0. The molecule has 1 aromatic rings. The van der Waals surface area contributed by atoms with E-state index < -0.39 is 0 Å². The van der Waals surface area contributed by atoms with E-state index in [9.17, 15) is 4.79 Å². The van der Waals surface area contributed by atoms with Gasteiger partial charge in [0, 0.05) is 25.0 Å². The highest BCUT2D eigenvalue weighted by molar-refractivity contribution is 5.93. The summed E-state index contributed by atoms with van der Waals surface area (Å²) in [6, 6.07) is 3.68. The maximum Gasteiger partial charge on any atom is 0.269 e. The number of pyridine rings is 1. The molecule has 2 N–H and O–H groups in total. The van der Waals surface area contributed by atoms with Crippen molar-refractivity contribution in [1.29, 1.82) is 0 Å². The third-order valence-corrected chi connectivity index (χ3v) is 3.73. The van der Waals surface area contributed by atoms with Crippen molar-refractivity contribution >= 4 is 11.6 Å². The molecule has 4 heteroatoms. The Labute approximate surface area is 115 Å². The van der Waals surface area contributed by atoms with Crippen molar-refractivity contribution in [2.24, 2.45) is 5.41 Å². The molecule has 1 aliphatic carbocycles. The van der Waals surface area contributed by atoms with E-state index in [0.717, 1.165) is 18.8 Å². The van der Waals surface area contributed by atoms with Crippen LogP contribution in [0.15, 0.2) is 18.3 Å². The van der Waals surface area contributed by atoms with Gasteiger partial charge in [0.15, 0.2) is 0 Å².